The predicted molar refractivity (Wildman–Crippen MR) is 89.7 cm³/mol. The lowest BCUT2D eigenvalue weighted by atomic mass is 10.1. The summed E-state index contributed by atoms with van der Waals surface area (Å²) in [7, 11) is 1.89. The topological polar surface area (TPSA) is 46.9 Å². The van der Waals surface area contributed by atoms with Crippen molar-refractivity contribution in [2.24, 2.45) is 7.05 Å². The van der Waals surface area contributed by atoms with E-state index in [1.165, 1.54) is 12.1 Å². The van der Waals surface area contributed by atoms with Crippen LogP contribution >= 0.6 is 0 Å². The lowest BCUT2D eigenvalue weighted by Crippen LogP contribution is -2.32. The van der Waals surface area contributed by atoms with Gasteiger partial charge < -0.3 is 9.88 Å². The molecule has 0 saturated carbocycles. The second-order valence-electron chi connectivity index (χ2n) is 5.61. The molecule has 0 aliphatic rings. The molecule has 24 heavy (non-hydrogen) atoms. The largest absolute Gasteiger partial charge is 0.342 e. The Balaban J connectivity index is 1.82. The van der Waals surface area contributed by atoms with Gasteiger partial charge in [0, 0.05) is 19.4 Å². The second-order valence-corrected chi connectivity index (χ2v) is 5.61. The second kappa shape index (κ2) is 7.08. The molecule has 1 aromatic heterocycles. The zero-order chi connectivity index (χ0) is 16.9. The minimum atomic E-state index is -0.354. The summed E-state index contributed by atoms with van der Waals surface area (Å²) >= 11 is 0. The fourth-order valence-corrected chi connectivity index (χ4v) is 2.64. The van der Waals surface area contributed by atoms with E-state index in [1.54, 1.807) is 18.3 Å². The zero-order valence-electron chi connectivity index (χ0n) is 13.3. The number of imidazole rings is 1. The Labute approximate surface area is 140 Å². The molecule has 1 atom stereocenters. The van der Waals surface area contributed by atoms with Gasteiger partial charge in [-0.15, -0.1) is 0 Å². The molecule has 0 radical (unpaired) electrons. The lowest BCUT2D eigenvalue weighted by molar-refractivity contribution is -0.121. The molecule has 3 aromatic rings. The van der Waals surface area contributed by atoms with Gasteiger partial charge in [0.05, 0.1) is 6.42 Å². The minimum Gasteiger partial charge on any atom is -0.342 e. The summed E-state index contributed by atoms with van der Waals surface area (Å²) in [5.74, 6) is 0.218. The summed E-state index contributed by atoms with van der Waals surface area (Å²) < 4.78 is 15.2. The fourth-order valence-electron chi connectivity index (χ4n) is 2.64. The summed E-state index contributed by atoms with van der Waals surface area (Å²) in [6, 6.07) is 15.4. The van der Waals surface area contributed by atoms with Crippen LogP contribution in [0.25, 0.3) is 0 Å². The van der Waals surface area contributed by atoms with Gasteiger partial charge in [-0.2, -0.15) is 0 Å². The summed E-state index contributed by atoms with van der Waals surface area (Å²) in [5, 5.41) is 3.00. The average Bonchev–Trinajstić information content (AvgIpc) is 2.99. The molecule has 4 nitrogen and oxygen atoms in total. The molecule has 2 aromatic carbocycles. The van der Waals surface area contributed by atoms with E-state index in [0.29, 0.717) is 5.56 Å². The number of rotatable bonds is 5. The zero-order valence-corrected chi connectivity index (χ0v) is 13.3. The molecule has 0 bridgehead atoms. The Morgan fingerprint density at radius 1 is 1.21 bits per heavy atom. The summed E-state index contributed by atoms with van der Waals surface area (Å²) in [4.78, 5) is 16.8. The van der Waals surface area contributed by atoms with Crippen LogP contribution in [-0.2, 0) is 18.3 Å². The van der Waals surface area contributed by atoms with Gasteiger partial charge in [0.2, 0.25) is 5.91 Å². The molecule has 0 aliphatic carbocycles. The monoisotopic (exact) mass is 323 g/mol. The van der Waals surface area contributed by atoms with Gasteiger partial charge >= 0.3 is 0 Å². The van der Waals surface area contributed by atoms with E-state index in [4.69, 9.17) is 0 Å². The van der Waals surface area contributed by atoms with Gasteiger partial charge in [0.15, 0.2) is 0 Å². The molecule has 5 heteroatoms. The van der Waals surface area contributed by atoms with Gasteiger partial charge in [-0.3, -0.25) is 4.79 Å². The van der Waals surface area contributed by atoms with Crippen LogP contribution in [0.3, 0.4) is 0 Å². The minimum absolute atomic E-state index is 0.117. The first-order valence-electron chi connectivity index (χ1n) is 7.69. The Bertz CT molecular complexity index is 829. The number of carbonyl (C=O) groups is 1. The number of hydrogen-bond donors (Lipinski definition) is 1. The van der Waals surface area contributed by atoms with Crippen LogP contribution < -0.4 is 5.32 Å². The maximum absolute atomic E-state index is 13.3. The molecule has 0 aliphatic heterocycles. The molecule has 0 spiro atoms. The van der Waals surface area contributed by atoms with E-state index in [9.17, 15) is 9.18 Å². The van der Waals surface area contributed by atoms with E-state index in [1.807, 2.05) is 48.1 Å². The SMILES string of the molecule is Cn1ccnc1C(NC(=O)Cc1cccc(F)c1)c1ccccc1. The number of aryl methyl sites for hydroxylation is 1. The van der Waals surface area contributed by atoms with Gasteiger partial charge in [0.25, 0.3) is 0 Å². The van der Waals surface area contributed by atoms with Gasteiger partial charge in [0.1, 0.15) is 17.7 Å². The van der Waals surface area contributed by atoms with Gasteiger partial charge in [-0.05, 0) is 23.3 Å². The first-order valence-corrected chi connectivity index (χ1v) is 7.69. The van der Waals surface area contributed by atoms with Crippen LogP contribution in [-0.4, -0.2) is 15.5 Å². The van der Waals surface area contributed by atoms with Crippen molar-refractivity contribution in [3.8, 4) is 0 Å². The van der Waals surface area contributed by atoms with Gasteiger partial charge in [-0.25, -0.2) is 9.37 Å². The molecule has 122 valence electrons. The lowest BCUT2D eigenvalue weighted by Gasteiger charge is -2.19. The standard InChI is InChI=1S/C19H18FN3O/c1-23-11-10-21-19(23)18(15-7-3-2-4-8-15)22-17(24)13-14-6-5-9-16(20)12-14/h2-12,18H,13H2,1H3,(H,22,24). The summed E-state index contributed by atoms with van der Waals surface area (Å²) in [6.07, 6.45) is 3.65. The van der Waals surface area contributed by atoms with E-state index in [0.717, 1.165) is 11.4 Å². The van der Waals surface area contributed by atoms with Crippen molar-refractivity contribution in [1.29, 1.82) is 0 Å². The first kappa shape index (κ1) is 15.9. The molecular formula is C19H18FN3O. The maximum atomic E-state index is 13.3. The van der Waals surface area contributed by atoms with E-state index in [-0.39, 0.29) is 24.2 Å². The molecule has 3 rings (SSSR count). The van der Waals surface area contributed by atoms with Crippen LogP contribution in [0.15, 0.2) is 67.0 Å². The molecule has 0 fully saturated rings. The van der Waals surface area contributed by atoms with E-state index >= 15 is 0 Å². The highest BCUT2D eigenvalue weighted by molar-refractivity contribution is 5.79. The normalized spacial score (nSPS) is 11.9. The van der Waals surface area contributed by atoms with Crippen molar-refractivity contribution < 1.29 is 9.18 Å². The maximum Gasteiger partial charge on any atom is 0.225 e. The fraction of sp³-hybridized carbons (Fsp3) is 0.158. The van der Waals surface area contributed by atoms with Crippen LogP contribution in [0.2, 0.25) is 0 Å². The van der Waals surface area contributed by atoms with E-state index < -0.39 is 0 Å². The number of hydrogen-bond acceptors (Lipinski definition) is 2. The van der Waals surface area contributed by atoms with Gasteiger partial charge in [-0.1, -0.05) is 42.5 Å². The molecule has 1 amide bonds. The van der Waals surface area contributed by atoms with E-state index in [2.05, 4.69) is 10.3 Å². The molecule has 1 N–H and O–H groups in total. The quantitative estimate of drug-likeness (QED) is 0.784. The van der Waals surface area contributed by atoms with Crippen LogP contribution in [0, 0.1) is 5.82 Å². The smallest absolute Gasteiger partial charge is 0.225 e. The third-order valence-electron chi connectivity index (χ3n) is 3.81. The van der Waals surface area contributed by atoms with Crippen molar-refractivity contribution in [2.45, 2.75) is 12.5 Å². The highest BCUT2D eigenvalue weighted by Crippen LogP contribution is 2.20. The van der Waals surface area contributed by atoms with Crippen LogP contribution in [0.5, 0.6) is 0 Å². The molecule has 0 saturated heterocycles. The molecule has 1 unspecified atom stereocenters. The number of nitrogens with one attached hydrogen (secondary N) is 1. The number of aromatic nitrogens is 2. The number of carbonyl (C=O) groups excluding carboxylic acids is 1. The third-order valence-corrected chi connectivity index (χ3v) is 3.81. The third kappa shape index (κ3) is 3.68. The summed E-state index contributed by atoms with van der Waals surface area (Å²) in [6.45, 7) is 0. The predicted octanol–water partition coefficient (Wildman–Crippen LogP) is 3.01. The number of benzene rings is 2. The Morgan fingerprint density at radius 2 is 2.00 bits per heavy atom. The highest BCUT2D eigenvalue weighted by Gasteiger charge is 2.20. The van der Waals surface area contributed by atoms with Crippen molar-refractivity contribution in [1.82, 2.24) is 14.9 Å². The van der Waals surface area contributed by atoms with Crippen molar-refractivity contribution in [3.05, 3.63) is 89.8 Å². The number of amides is 1. The summed E-state index contributed by atoms with van der Waals surface area (Å²) in [5.41, 5.74) is 1.58. The van der Waals surface area contributed by atoms with Crippen molar-refractivity contribution in [3.63, 3.8) is 0 Å². The van der Waals surface area contributed by atoms with Crippen LogP contribution in [0.4, 0.5) is 4.39 Å². The van der Waals surface area contributed by atoms with Crippen LogP contribution in [0.1, 0.15) is 23.0 Å². The Kier molecular flexibility index (Phi) is 4.70. The van der Waals surface area contributed by atoms with Crippen molar-refractivity contribution in [2.75, 3.05) is 0 Å². The Morgan fingerprint density at radius 3 is 2.67 bits per heavy atom. The molecule has 1 heterocycles. The van der Waals surface area contributed by atoms with Crippen molar-refractivity contribution >= 4 is 5.91 Å². The average molecular weight is 323 g/mol. The number of nitrogens with zero attached hydrogens (tertiary/aromatic N) is 2. The highest BCUT2D eigenvalue weighted by atomic mass is 19.1. The Hall–Kier alpha value is -2.95. The number of halogens is 1. The molecular weight excluding hydrogens is 305 g/mol. The first-order chi connectivity index (χ1) is 11.6.